The fourth-order valence-corrected chi connectivity index (χ4v) is 7.11. The lowest BCUT2D eigenvalue weighted by Crippen LogP contribution is -2.23. The van der Waals surface area contributed by atoms with Gasteiger partial charge in [-0.1, -0.05) is 60.7 Å². The fraction of sp³-hybridized carbons (Fsp3) is 0.0870. The van der Waals surface area contributed by atoms with Crippen molar-refractivity contribution in [3.05, 3.63) is 148 Å². The van der Waals surface area contributed by atoms with Gasteiger partial charge in [0.05, 0.1) is 19.1 Å². The van der Waals surface area contributed by atoms with Gasteiger partial charge in [0.2, 0.25) is 0 Å². The summed E-state index contributed by atoms with van der Waals surface area (Å²) in [7, 11) is 2.35. The molecule has 0 saturated carbocycles. The quantitative estimate of drug-likeness (QED) is 0.0811. The van der Waals surface area contributed by atoms with E-state index in [1.165, 1.54) is 62.8 Å². The lowest BCUT2D eigenvalue weighted by molar-refractivity contribution is -0.384. The molecule has 19 nitrogen and oxygen atoms in total. The Morgan fingerprint density at radius 2 is 0.969 bits per heavy atom. The van der Waals surface area contributed by atoms with Crippen molar-refractivity contribution in [2.75, 3.05) is 48.7 Å². The molecule has 3 heterocycles. The van der Waals surface area contributed by atoms with Crippen LogP contribution in [0, 0.1) is 10.1 Å². The van der Waals surface area contributed by atoms with Gasteiger partial charge in [-0.2, -0.15) is 0 Å². The number of fused-ring (bicyclic) bond motifs is 13. The minimum absolute atomic E-state index is 0.0478. The normalized spacial score (nSPS) is 13.1. The molecule has 0 atom stereocenters. The second-order valence-corrected chi connectivity index (χ2v) is 14.1. The number of nitrogens with one attached hydrogen (secondary N) is 4. The summed E-state index contributed by atoms with van der Waals surface area (Å²) in [5, 5.41) is 24.1. The zero-order chi connectivity index (χ0) is 45.8. The molecule has 65 heavy (non-hydrogen) atoms. The van der Waals surface area contributed by atoms with Crippen LogP contribution in [-0.4, -0.2) is 77.9 Å². The van der Waals surface area contributed by atoms with Gasteiger partial charge in [-0.15, -0.1) is 0 Å². The summed E-state index contributed by atoms with van der Waals surface area (Å²) < 4.78 is 22.9. The van der Waals surface area contributed by atoms with Gasteiger partial charge < -0.3 is 40.2 Å². The topological polar surface area (TPSA) is 256 Å². The van der Waals surface area contributed by atoms with Crippen LogP contribution in [0.15, 0.2) is 115 Å². The van der Waals surface area contributed by atoms with Gasteiger partial charge in [0, 0.05) is 34.4 Å². The van der Waals surface area contributed by atoms with E-state index in [9.17, 15) is 38.9 Å². The molecule has 4 amide bonds. The number of aromatic nitrogens is 2. The number of hydrogen-bond acceptors (Lipinski definition) is 14. The van der Waals surface area contributed by atoms with Gasteiger partial charge in [0.1, 0.15) is 45.9 Å². The summed E-state index contributed by atoms with van der Waals surface area (Å²) in [6.07, 6.45) is 0. The summed E-state index contributed by atoms with van der Waals surface area (Å²) in [5.74, 6) is -5.50. The molecule has 0 fully saturated rings. The molecule has 324 valence electrons. The molecule has 2 aromatic heterocycles. The Morgan fingerprint density at radius 1 is 0.569 bits per heavy atom. The highest BCUT2D eigenvalue weighted by Crippen LogP contribution is 2.49. The van der Waals surface area contributed by atoms with Crippen molar-refractivity contribution in [1.82, 2.24) is 9.97 Å². The number of pyridine rings is 2. The Hall–Kier alpha value is -9.26. The molecule has 1 aliphatic rings. The highest BCUT2D eigenvalue weighted by molar-refractivity contribution is 6.16. The number of amides is 4. The number of carbonyl (C=O) groups excluding carboxylic acids is 6. The number of benzene rings is 5. The first-order chi connectivity index (χ1) is 31.4. The number of esters is 2. The Morgan fingerprint density at radius 3 is 1.37 bits per heavy atom. The molecule has 4 N–H and O–H groups in total. The summed E-state index contributed by atoms with van der Waals surface area (Å²) in [6.45, 7) is -1.46. The van der Waals surface area contributed by atoms with Gasteiger partial charge in [0.15, 0.2) is 13.2 Å². The number of methoxy groups -OCH3 is 2. The molecular formula is C46H33N7O12. The standard InChI is InChI=1S/C46H33N7O12/c1-62-45(58)31-20-24-9-3-5-11-29(24)39-40-30-12-6-4-10-25(30)21-32(46(59)63-2)42(40)65-23-38(55)50-34-14-8-16-36(48-34)52-44(57)27-17-26(18-28(19-27)53(60)61)43(56)51-35-15-7-13-33(47-35)49-37(54)22-64-41(31)39/h3-21H,22-23H2,1-2H3,(H2,47,49,51,54,56)(H2,48,50,52,55,57). The SMILES string of the molecule is COC(=O)c1cc2ccccc2c2c1OCC(=O)Nc1cccc(n1)NC(=O)c1cc(cc([N+](=O)[O-])c1)C(=O)Nc1cccc(n1)NC(=O)COc1c(C(=O)OC)cc3ccccc3c1-2. The van der Waals surface area contributed by atoms with E-state index in [4.69, 9.17) is 18.9 Å². The molecular weight excluding hydrogens is 843 g/mol. The van der Waals surface area contributed by atoms with Crippen LogP contribution in [-0.2, 0) is 19.1 Å². The van der Waals surface area contributed by atoms with Gasteiger partial charge in [-0.05, 0) is 64.0 Å². The zero-order valence-corrected chi connectivity index (χ0v) is 34.1. The summed E-state index contributed by atoms with van der Waals surface area (Å²) in [5.41, 5.74) is -0.943. The van der Waals surface area contributed by atoms with Crippen molar-refractivity contribution in [3.8, 4) is 22.6 Å². The van der Waals surface area contributed by atoms with E-state index in [1.807, 2.05) is 0 Å². The summed E-state index contributed by atoms with van der Waals surface area (Å²) in [6, 6.07) is 28.6. The first-order valence-electron chi connectivity index (χ1n) is 19.4. The van der Waals surface area contributed by atoms with Crippen molar-refractivity contribution >= 4 is 86.1 Å². The van der Waals surface area contributed by atoms with Crippen LogP contribution < -0.4 is 30.7 Å². The van der Waals surface area contributed by atoms with Crippen molar-refractivity contribution in [3.63, 3.8) is 0 Å². The van der Waals surface area contributed by atoms with E-state index in [-0.39, 0.29) is 68.2 Å². The van der Waals surface area contributed by atoms with Crippen molar-refractivity contribution < 1.29 is 52.6 Å². The lowest BCUT2D eigenvalue weighted by atomic mass is 9.88. The smallest absolute Gasteiger partial charge is 0.341 e. The maximum atomic E-state index is 13.7. The number of hydrogen-bond donors (Lipinski definition) is 4. The van der Waals surface area contributed by atoms with E-state index in [2.05, 4.69) is 31.2 Å². The highest BCUT2D eigenvalue weighted by Gasteiger charge is 2.30. The molecule has 19 heteroatoms. The number of nitro groups is 1. The van der Waals surface area contributed by atoms with Crippen LogP contribution in [0.1, 0.15) is 41.4 Å². The van der Waals surface area contributed by atoms with E-state index in [0.717, 1.165) is 18.2 Å². The molecule has 0 radical (unpaired) electrons. The summed E-state index contributed by atoms with van der Waals surface area (Å²) >= 11 is 0. The van der Waals surface area contributed by atoms with E-state index in [0.29, 0.717) is 21.5 Å². The molecule has 0 aliphatic carbocycles. The van der Waals surface area contributed by atoms with Gasteiger partial charge in [-0.25, -0.2) is 19.6 Å². The highest BCUT2D eigenvalue weighted by atomic mass is 16.6. The Balaban J connectivity index is 1.31. The Labute approximate surface area is 366 Å². The van der Waals surface area contributed by atoms with Crippen LogP contribution in [0.4, 0.5) is 29.0 Å². The van der Waals surface area contributed by atoms with Crippen LogP contribution in [0.25, 0.3) is 32.7 Å². The molecule has 0 spiro atoms. The minimum Gasteiger partial charge on any atom is -0.482 e. The molecule has 1 aliphatic heterocycles. The predicted octanol–water partition coefficient (Wildman–Crippen LogP) is 6.78. The molecule has 0 saturated heterocycles. The van der Waals surface area contributed by atoms with Gasteiger partial charge >= 0.3 is 11.9 Å². The van der Waals surface area contributed by atoms with Crippen molar-refractivity contribution in [2.45, 2.75) is 0 Å². The average molecular weight is 876 g/mol. The second-order valence-electron chi connectivity index (χ2n) is 14.1. The Kier molecular flexibility index (Phi) is 11.7. The molecule has 0 unspecified atom stereocenters. The average Bonchev–Trinajstić information content (AvgIpc) is 3.31. The lowest BCUT2D eigenvalue weighted by Gasteiger charge is -2.23. The van der Waals surface area contributed by atoms with Gasteiger partial charge in [-0.3, -0.25) is 29.3 Å². The largest absolute Gasteiger partial charge is 0.482 e. The predicted molar refractivity (Wildman–Crippen MR) is 235 cm³/mol. The molecule has 5 aromatic carbocycles. The number of ether oxygens (including phenoxy) is 4. The molecule has 6 bridgehead atoms. The zero-order valence-electron chi connectivity index (χ0n) is 34.1. The second kappa shape index (κ2) is 18.0. The van der Waals surface area contributed by atoms with E-state index < -0.39 is 59.4 Å². The number of nitro benzene ring substituents is 1. The molecule has 7 aromatic rings. The number of rotatable bonds is 3. The number of carbonyl (C=O) groups is 6. The van der Waals surface area contributed by atoms with E-state index >= 15 is 0 Å². The maximum Gasteiger partial charge on any atom is 0.341 e. The first kappa shape index (κ1) is 42.4. The third kappa shape index (κ3) is 8.91. The van der Waals surface area contributed by atoms with Gasteiger partial charge in [0.25, 0.3) is 29.3 Å². The monoisotopic (exact) mass is 875 g/mol. The van der Waals surface area contributed by atoms with Crippen LogP contribution >= 0.6 is 0 Å². The minimum atomic E-state index is -0.875. The number of nitrogens with zero attached hydrogens (tertiary/aromatic N) is 3. The van der Waals surface area contributed by atoms with Crippen molar-refractivity contribution in [2.24, 2.45) is 0 Å². The molecule has 8 rings (SSSR count). The third-order valence-corrected chi connectivity index (χ3v) is 9.93. The van der Waals surface area contributed by atoms with Crippen LogP contribution in [0.2, 0.25) is 0 Å². The van der Waals surface area contributed by atoms with E-state index in [1.54, 1.807) is 48.5 Å². The maximum absolute atomic E-state index is 13.7. The fourth-order valence-electron chi connectivity index (χ4n) is 7.11. The number of non-ortho nitro benzene ring substituents is 1. The third-order valence-electron chi connectivity index (χ3n) is 9.93. The van der Waals surface area contributed by atoms with Crippen LogP contribution in [0.5, 0.6) is 11.5 Å². The van der Waals surface area contributed by atoms with Crippen LogP contribution in [0.3, 0.4) is 0 Å². The summed E-state index contributed by atoms with van der Waals surface area (Å²) in [4.78, 5) is 101. The first-order valence-corrected chi connectivity index (χ1v) is 19.4. The number of anilines is 4. The Bertz CT molecular complexity index is 2960. The van der Waals surface area contributed by atoms with Crippen molar-refractivity contribution in [1.29, 1.82) is 0 Å².